The Morgan fingerprint density at radius 2 is 2.18 bits per heavy atom. The number of alkyl halides is 1. The molecule has 5 heteroatoms. The Bertz CT molecular complexity index is 419. The molecule has 94 valence electrons. The predicted octanol–water partition coefficient (Wildman–Crippen LogP) is 4.40. The highest BCUT2D eigenvalue weighted by Crippen LogP contribution is 2.23. The quantitative estimate of drug-likeness (QED) is 0.768. The van der Waals surface area contributed by atoms with Crippen LogP contribution in [0.3, 0.4) is 0 Å². The van der Waals surface area contributed by atoms with Crippen molar-refractivity contribution in [1.29, 1.82) is 0 Å². The molecule has 1 aromatic rings. The number of hydrogen-bond acceptors (Lipinski definition) is 1. The maximum atomic E-state index is 12.0. The number of hydrogen-bond donors (Lipinski definition) is 1. The third-order valence-corrected chi connectivity index (χ3v) is 5.12. The van der Waals surface area contributed by atoms with Gasteiger partial charge in [-0.05, 0) is 47.5 Å². The van der Waals surface area contributed by atoms with Gasteiger partial charge in [0.25, 0.3) is 5.91 Å². The molecule has 1 N–H and O–H groups in total. The molecule has 1 amide bonds. The number of halogens is 3. The Morgan fingerprint density at radius 3 is 2.65 bits per heavy atom. The predicted molar refractivity (Wildman–Crippen MR) is 79.1 cm³/mol. The van der Waals surface area contributed by atoms with Gasteiger partial charge in [0.05, 0.1) is 5.02 Å². The number of nitrogens with one attached hydrogen (secondary N) is 1. The molecule has 0 radical (unpaired) electrons. The van der Waals surface area contributed by atoms with E-state index in [4.69, 9.17) is 11.6 Å². The van der Waals surface area contributed by atoms with E-state index in [-0.39, 0.29) is 11.4 Å². The SMILES string of the molecule is CCC(C)(CBr)NC(=O)c1ccc(Cl)c(Br)c1. The van der Waals surface area contributed by atoms with Crippen molar-refractivity contribution in [3.8, 4) is 0 Å². The molecule has 1 rings (SSSR count). The number of benzene rings is 1. The second kappa shape index (κ2) is 6.21. The van der Waals surface area contributed by atoms with Crippen LogP contribution in [0.1, 0.15) is 30.6 Å². The highest BCUT2D eigenvalue weighted by Gasteiger charge is 2.23. The average molecular weight is 384 g/mol. The van der Waals surface area contributed by atoms with Gasteiger partial charge in [0, 0.05) is 20.9 Å². The first kappa shape index (κ1) is 15.0. The van der Waals surface area contributed by atoms with Crippen molar-refractivity contribution in [3.05, 3.63) is 33.3 Å². The zero-order chi connectivity index (χ0) is 13.1. The van der Waals surface area contributed by atoms with E-state index in [1.54, 1.807) is 18.2 Å². The van der Waals surface area contributed by atoms with E-state index in [0.717, 1.165) is 16.2 Å². The van der Waals surface area contributed by atoms with Gasteiger partial charge in [-0.2, -0.15) is 0 Å². The molecule has 17 heavy (non-hydrogen) atoms. The third kappa shape index (κ3) is 3.97. The lowest BCUT2D eigenvalue weighted by Crippen LogP contribution is -2.46. The molecule has 0 bridgehead atoms. The summed E-state index contributed by atoms with van der Waals surface area (Å²) >= 11 is 12.6. The molecule has 0 heterocycles. The lowest BCUT2D eigenvalue weighted by molar-refractivity contribution is 0.0913. The van der Waals surface area contributed by atoms with Gasteiger partial charge >= 0.3 is 0 Å². The molecule has 0 aliphatic carbocycles. The van der Waals surface area contributed by atoms with Crippen LogP contribution in [0.2, 0.25) is 5.02 Å². The van der Waals surface area contributed by atoms with E-state index in [0.29, 0.717) is 10.6 Å². The minimum atomic E-state index is -0.233. The largest absolute Gasteiger partial charge is 0.346 e. The van der Waals surface area contributed by atoms with Crippen LogP contribution in [0, 0.1) is 0 Å². The fourth-order valence-electron chi connectivity index (χ4n) is 1.20. The second-order valence-corrected chi connectivity index (χ2v) is 5.95. The molecule has 0 spiro atoms. The first-order chi connectivity index (χ1) is 7.91. The normalized spacial score (nSPS) is 14.2. The van der Waals surface area contributed by atoms with Gasteiger partial charge in [-0.1, -0.05) is 34.5 Å². The molecule has 0 saturated heterocycles. The second-order valence-electron chi connectivity index (χ2n) is 4.13. The molecule has 0 aliphatic heterocycles. The average Bonchev–Trinajstić information content (AvgIpc) is 2.32. The van der Waals surface area contributed by atoms with Crippen LogP contribution in [0.25, 0.3) is 0 Å². The summed E-state index contributed by atoms with van der Waals surface area (Å²) in [6.07, 6.45) is 0.860. The van der Waals surface area contributed by atoms with Gasteiger partial charge in [-0.3, -0.25) is 4.79 Å². The number of rotatable bonds is 4. The zero-order valence-corrected chi connectivity index (χ0v) is 13.6. The van der Waals surface area contributed by atoms with E-state index in [2.05, 4.69) is 37.2 Å². The number of carbonyl (C=O) groups excluding carboxylic acids is 1. The van der Waals surface area contributed by atoms with Crippen LogP contribution in [0.5, 0.6) is 0 Å². The Morgan fingerprint density at radius 1 is 1.53 bits per heavy atom. The summed E-state index contributed by atoms with van der Waals surface area (Å²) in [6, 6.07) is 5.15. The topological polar surface area (TPSA) is 29.1 Å². The van der Waals surface area contributed by atoms with Crippen LogP contribution in [-0.4, -0.2) is 16.8 Å². The summed E-state index contributed by atoms with van der Waals surface area (Å²) in [7, 11) is 0. The Kier molecular flexibility index (Phi) is 5.48. The molecule has 1 aromatic carbocycles. The van der Waals surface area contributed by atoms with E-state index >= 15 is 0 Å². The monoisotopic (exact) mass is 381 g/mol. The van der Waals surface area contributed by atoms with Gasteiger partial charge in [-0.15, -0.1) is 0 Å². The summed E-state index contributed by atoms with van der Waals surface area (Å²) in [6.45, 7) is 4.05. The van der Waals surface area contributed by atoms with Crippen molar-refractivity contribution in [2.45, 2.75) is 25.8 Å². The molecule has 0 fully saturated rings. The van der Waals surface area contributed by atoms with Crippen molar-refractivity contribution < 1.29 is 4.79 Å². The van der Waals surface area contributed by atoms with E-state index in [9.17, 15) is 4.79 Å². The number of carbonyl (C=O) groups is 1. The smallest absolute Gasteiger partial charge is 0.251 e. The van der Waals surface area contributed by atoms with Crippen molar-refractivity contribution in [2.24, 2.45) is 0 Å². The van der Waals surface area contributed by atoms with Crippen molar-refractivity contribution in [2.75, 3.05) is 5.33 Å². The number of amides is 1. The van der Waals surface area contributed by atoms with Gasteiger partial charge in [0.2, 0.25) is 0 Å². The fourth-order valence-corrected chi connectivity index (χ4v) is 2.23. The molecular formula is C12H14Br2ClNO. The fraction of sp³-hybridized carbons (Fsp3) is 0.417. The van der Waals surface area contributed by atoms with Crippen molar-refractivity contribution >= 4 is 49.4 Å². The highest BCUT2D eigenvalue weighted by molar-refractivity contribution is 9.10. The summed E-state index contributed by atoms with van der Waals surface area (Å²) in [5.41, 5.74) is 0.366. The molecule has 0 aromatic heterocycles. The molecular weight excluding hydrogens is 369 g/mol. The summed E-state index contributed by atoms with van der Waals surface area (Å²) in [4.78, 5) is 12.0. The first-order valence-electron chi connectivity index (χ1n) is 5.25. The maximum Gasteiger partial charge on any atom is 0.251 e. The van der Waals surface area contributed by atoms with E-state index in [1.165, 1.54) is 0 Å². The Labute approximate surface area is 123 Å². The summed E-state index contributed by atoms with van der Waals surface area (Å²) < 4.78 is 0.726. The van der Waals surface area contributed by atoms with Crippen LogP contribution in [0.15, 0.2) is 22.7 Å². The Hall–Kier alpha value is -0.0600. The van der Waals surface area contributed by atoms with Gasteiger partial charge in [0.1, 0.15) is 0 Å². The highest BCUT2D eigenvalue weighted by atomic mass is 79.9. The lowest BCUT2D eigenvalue weighted by Gasteiger charge is -2.27. The molecule has 0 saturated carbocycles. The van der Waals surface area contributed by atoms with Gasteiger partial charge in [0.15, 0.2) is 0 Å². The molecule has 1 unspecified atom stereocenters. The molecule has 0 aliphatic rings. The first-order valence-corrected chi connectivity index (χ1v) is 7.54. The van der Waals surface area contributed by atoms with Crippen molar-refractivity contribution in [3.63, 3.8) is 0 Å². The van der Waals surface area contributed by atoms with E-state index in [1.807, 2.05) is 13.8 Å². The lowest BCUT2D eigenvalue weighted by atomic mass is 10.0. The molecule has 2 nitrogen and oxygen atoms in total. The minimum absolute atomic E-state index is 0.0915. The molecule has 1 atom stereocenters. The Balaban J connectivity index is 2.86. The summed E-state index contributed by atoms with van der Waals surface area (Å²) in [5, 5.41) is 4.32. The standard InChI is InChI=1S/C12H14Br2ClNO/c1-3-12(2,7-13)16-11(17)8-4-5-10(15)9(14)6-8/h4-6H,3,7H2,1-2H3,(H,16,17). The van der Waals surface area contributed by atoms with Crippen LogP contribution in [0.4, 0.5) is 0 Å². The zero-order valence-electron chi connectivity index (χ0n) is 9.69. The maximum absolute atomic E-state index is 12.0. The van der Waals surface area contributed by atoms with Crippen LogP contribution < -0.4 is 5.32 Å². The van der Waals surface area contributed by atoms with Crippen LogP contribution >= 0.6 is 43.5 Å². The van der Waals surface area contributed by atoms with E-state index < -0.39 is 0 Å². The summed E-state index contributed by atoms with van der Waals surface area (Å²) in [5.74, 6) is -0.0915. The third-order valence-electron chi connectivity index (χ3n) is 2.67. The minimum Gasteiger partial charge on any atom is -0.346 e. The van der Waals surface area contributed by atoms with Crippen LogP contribution in [-0.2, 0) is 0 Å². The van der Waals surface area contributed by atoms with Gasteiger partial charge < -0.3 is 5.32 Å². The van der Waals surface area contributed by atoms with Gasteiger partial charge in [-0.25, -0.2) is 0 Å². The van der Waals surface area contributed by atoms with Crippen molar-refractivity contribution in [1.82, 2.24) is 5.32 Å².